The summed E-state index contributed by atoms with van der Waals surface area (Å²) in [6.07, 6.45) is -0.901. The molecule has 3 atom stereocenters. The Morgan fingerprint density at radius 2 is 1.91 bits per heavy atom. The average Bonchev–Trinajstić information content (AvgIpc) is 2.79. The molecule has 1 aromatic rings. The number of hydrogen-bond donors (Lipinski definition) is 2. The smallest absolute Gasteiger partial charge is 0.272 e. The fraction of sp³-hybridized carbons (Fsp3) is 0.720. The van der Waals surface area contributed by atoms with Crippen molar-refractivity contribution in [3.63, 3.8) is 0 Å². The molecule has 0 spiro atoms. The first-order valence-electron chi connectivity index (χ1n) is 12.2. The Morgan fingerprint density at radius 3 is 2.59 bits per heavy atom. The molecule has 2 heterocycles. The lowest BCUT2D eigenvalue weighted by atomic mass is 10.1. The fourth-order valence-corrected chi connectivity index (χ4v) is 3.75. The maximum atomic E-state index is 13.2. The third kappa shape index (κ3) is 9.29. The molecule has 1 saturated heterocycles. The Morgan fingerprint density at radius 1 is 1.18 bits per heavy atom. The number of pyridine rings is 1. The van der Waals surface area contributed by atoms with Gasteiger partial charge in [0.05, 0.1) is 6.61 Å². The fourth-order valence-electron chi connectivity index (χ4n) is 3.75. The third-order valence-corrected chi connectivity index (χ3v) is 5.94. The van der Waals surface area contributed by atoms with E-state index in [1.54, 1.807) is 21.9 Å². The summed E-state index contributed by atoms with van der Waals surface area (Å²) in [7, 11) is 0. The van der Waals surface area contributed by atoms with Crippen molar-refractivity contribution in [3.05, 3.63) is 29.6 Å². The summed E-state index contributed by atoms with van der Waals surface area (Å²) in [5.41, 5.74) is 1.14. The van der Waals surface area contributed by atoms with Crippen molar-refractivity contribution in [1.29, 1.82) is 0 Å². The molecule has 1 aliphatic rings. The van der Waals surface area contributed by atoms with Crippen LogP contribution < -0.4 is 0 Å². The molecule has 1 fully saturated rings. The molecule has 2 N–H and O–H groups in total. The Bertz CT molecular complexity index is 775. The SMILES string of the molecule is CC(=O)N1CCN(C(=O)c2cccc(C)n2)CCCCOC[C@@H](O)[C@@H](O)[C@H](OCCC(C)C)C1. The summed E-state index contributed by atoms with van der Waals surface area (Å²) in [4.78, 5) is 33.2. The molecular formula is C25H41N3O6. The van der Waals surface area contributed by atoms with Crippen LogP contribution in [0.15, 0.2) is 18.2 Å². The average molecular weight is 480 g/mol. The van der Waals surface area contributed by atoms with E-state index in [9.17, 15) is 19.8 Å². The van der Waals surface area contributed by atoms with Crippen molar-refractivity contribution in [2.45, 2.75) is 65.3 Å². The first-order chi connectivity index (χ1) is 16.2. The van der Waals surface area contributed by atoms with Gasteiger partial charge in [-0.2, -0.15) is 0 Å². The van der Waals surface area contributed by atoms with Crippen LogP contribution in [-0.4, -0.2) is 101 Å². The molecule has 0 saturated carbocycles. The number of aliphatic hydroxyl groups excluding tert-OH is 2. The maximum Gasteiger partial charge on any atom is 0.272 e. The Kier molecular flexibility index (Phi) is 11.9. The number of carbonyl (C=O) groups is 2. The highest BCUT2D eigenvalue weighted by atomic mass is 16.5. The molecule has 9 heteroatoms. The van der Waals surface area contributed by atoms with Crippen molar-refractivity contribution in [2.75, 3.05) is 46.0 Å². The zero-order valence-corrected chi connectivity index (χ0v) is 21.0. The summed E-state index contributed by atoms with van der Waals surface area (Å²) >= 11 is 0. The first kappa shape index (κ1) is 28.2. The van der Waals surface area contributed by atoms with Gasteiger partial charge in [-0.1, -0.05) is 19.9 Å². The highest BCUT2D eigenvalue weighted by Gasteiger charge is 2.31. The normalized spacial score (nSPS) is 23.6. The van der Waals surface area contributed by atoms with Crippen LogP contribution in [0.4, 0.5) is 0 Å². The predicted octanol–water partition coefficient (Wildman–Crippen LogP) is 1.64. The van der Waals surface area contributed by atoms with Crippen LogP contribution in [0.2, 0.25) is 0 Å². The van der Waals surface area contributed by atoms with Gasteiger partial charge in [0, 0.05) is 52.0 Å². The highest BCUT2D eigenvalue weighted by molar-refractivity contribution is 5.92. The van der Waals surface area contributed by atoms with E-state index in [-0.39, 0.29) is 31.5 Å². The van der Waals surface area contributed by atoms with Crippen molar-refractivity contribution in [1.82, 2.24) is 14.8 Å². The van der Waals surface area contributed by atoms with Crippen LogP contribution >= 0.6 is 0 Å². The summed E-state index contributed by atoms with van der Waals surface area (Å²) in [5, 5.41) is 21.2. The summed E-state index contributed by atoms with van der Waals surface area (Å²) in [5.74, 6) is 0.0478. The lowest BCUT2D eigenvalue weighted by Crippen LogP contribution is -2.50. The second-order valence-corrected chi connectivity index (χ2v) is 9.35. The van der Waals surface area contributed by atoms with Crippen molar-refractivity contribution < 1.29 is 29.3 Å². The van der Waals surface area contributed by atoms with E-state index in [1.807, 2.05) is 13.0 Å². The van der Waals surface area contributed by atoms with E-state index in [4.69, 9.17) is 9.47 Å². The topological polar surface area (TPSA) is 112 Å². The van der Waals surface area contributed by atoms with Gasteiger partial charge in [0.15, 0.2) is 0 Å². The van der Waals surface area contributed by atoms with Gasteiger partial charge in [0.1, 0.15) is 24.0 Å². The molecule has 0 aromatic carbocycles. The van der Waals surface area contributed by atoms with Crippen LogP contribution in [0.1, 0.15) is 56.2 Å². The predicted molar refractivity (Wildman–Crippen MR) is 128 cm³/mol. The summed E-state index contributed by atoms with van der Waals surface area (Å²) in [6, 6.07) is 5.34. The maximum absolute atomic E-state index is 13.2. The zero-order chi connectivity index (χ0) is 25.1. The van der Waals surface area contributed by atoms with Gasteiger partial charge in [-0.3, -0.25) is 9.59 Å². The zero-order valence-electron chi connectivity index (χ0n) is 21.0. The number of aryl methyl sites for hydroxylation is 1. The van der Waals surface area contributed by atoms with E-state index in [2.05, 4.69) is 18.8 Å². The van der Waals surface area contributed by atoms with E-state index in [0.717, 1.165) is 12.1 Å². The number of nitrogens with zero attached hydrogens (tertiary/aromatic N) is 3. The number of aliphatic hydroxyl groups is 2. The van der Waals surface area contributed by atoms with Gasteiger partial charge >= 0.3 is 0 Å². The quantitative estimate of drug-likeness (QED) is 0.660. The van der Waals surface area contributed by atoms with Crippen LogP contribution in [-0.2, 0) is 14.3 Å². The lowest BCUT2D eigenvalue weighted by Gasteiger charge is -2.33. The minimum Gasteiger partial charge on any atom is -0.388 e. The van der Waals surface area contributed by atoms with Crippen molar-refractivity contribution in [2.24, 2.45) is 5.92 Å². The number of aromatic nitrogens is 1. The largest absolute Gasteiger partial charge is 0.388 e. The number of amides is 2. The van der Waals surface area contributed by atoms with E-state index < -0.39 is 18.3 Å². The Hall–Kier alpha value is -2.07. The van der Waals surface area contributed by atoms with Gasteiger partial charge < -0.3 is 29.5 Å². The minimum absolute atomic E-state index is 0.0267. The van der Waals surface area contributed by atoms with Crippen LogP contribution in [0.25, 0.3) is 0 Å². The second kappa shape index (κ2) is 14.4. The lowest BCUT2D eigenvalue weighted by molar-refractivity contribution is -0.140. The van der Waals surface area contributed by atoms with Crippen LogP contribution in [0, 0.1) is 12.8 Å². The molecule has 2 amide bonds. The monoisotopic (exact) mass is 479 g/mol. The number of ether oxygens (including phenoxy) is 2. The highest BCUT2D eigenvalue weighted by Crippen LogP contribution is 2.13. The Labute approximate surface area is 203 Å². The third-order valence-electron chi connectivity index (χ3n) is 5.94. The molecule has 0 radical (unpaired) electrons. The molecule has 0 unspecified atom stereocenters. The van der Waals surface area contributed by atoms with Crippen LogP contribution in [0.3, 0.4) is 0 Å². The Balaban J connectivity index is 2.19. The molecule has 0 aliphatic carbocycles. The number of hydrogen-bond acceptors (Lipinski definition) is 7. The van der Waals surface area contributed by atoms with Gasteiger partial charge in [-0.25, -0.2) is 4.98 Å². The molecule has 1 aromatic heterocycles. The van der Waals surface area contributed by atoms with Gasteiger partial charge in [0.25, 0.3) is 5.91 Å². The first-order valence-corrected chi connectivity index (χ1v) is 12.2. The van der Waals surface area contributed by atoms with Gasteiger partial charge in [-0.15, -0.1) is 0 Å². The summed E-state index contributed by atoms with van der Waals surface area (Å²) < 4.78 is 11.5. The van der Waals surface area contributed by atoms with Gasteiger partial charge in [0.2, 0.25) is 5.91 Å². The van der Waals surface area contributed by atoms with E-state index in [0.29, 0.717) is 50.8 Å². The molecule has 0 bridgehead atoms. The van der Waals surface area contributed by atoms with E-state index >= 15 is 0 Å². The molecule has 2 rings (SSSR count). The molecular weight excluding hydrogens is 438 g/mol. The molecule has 1 aliphatic heterocycles. The standard InChI is InChI=1S/C25H41N3O6/c1-18(2)10-15-34-23-16-28(20(4)29)13-12-27(25(32)21-9-7-8-19(3)26-21)11-5-6-14-33-17-22(30)24(23)31/h7-9,18,22-24,30-31H,5-6,10-17H2,1-4H3/t22-,23-,24-/m1/s1. The summed E-state index contributed by atoms with van der Waals surface area (Å²) in [6.45, 7) is 9.46. The number of rotatable bonds is 5. The van der Waals surface area contributed by atoms with Crippen LogP contribution in [0.5, 0.6) is 0 Å². The second-order valence-electron chi connectivity index (χ2n) is 9.35. The molecule has 192 valence electrons. The van der Waals surface area contributed by atoms with E-state index in [1.165, 1.54) is 6.92 Å². The van der Waals surface area contributed by atoms with Crippen molar-refractivity contribution >= 4 is 11.8 Å². The van der Waals surface area contributed by atoms with Crippen molar-refractivity contribution in [3.8, 4) is 0 Å². The molecule has 34 heavy (non-hydrogen) atoms. The minimum atomic E-state index is -1.20. The number of carbonyl (C=O) groups excluding carboxylic acids is 2. The van der Waals surface area contributed by atoms with Gasteiger partial charge in [-0.05, 0) is 44.2 Å². The molecule has 9 nitrogen and oxygen atoms in total.